The van der Waals surface area contributed by atoms with Gasteiger partial charge in [-0.25, -0.2) is 4.39 Å². The second-order valence-corrected chi connectivity index (χ2v) is 8.12. The molecule has 0 saturated heterocycles. The summed E-state index contributed by atoms with van der Waals surface area (Å²) in [6.45, 7) is 0.0425. The van der Waals surface area contributed by atoms with Gasteiger partial charge < -0.3 is 19.1 Å². The normalized spacial score (nSPS) is 11.8. The molecule has 0 aliphatic heterocycles. The van der Waals surface area contributed by atoms with Gasteiger partial charge in [-0.1, -0.05) is 18.2 Å². The van der Waals surface area contributed by atoms with Gasteiger partial charge in [0.15, 0.2) is 4.90 Å². The highest BCUT2D eigenvalue weighted by atomic mass is 32.2. The fourth-order valence-electron chi connectivity index (χ4n) is 2.94. The van der Waals surface area contributed by atoms with Gasteiger partial charge in [-0.15, -0.1) is 5.10 Å². The van der Waals surface area contributed by atoms with Gasteiger partial charge in [0.2, 0.25) is 5.88 Å². The number of rotatable bonds is 7. The zero-order valence-corrected chi connectivity index (χ0v) is 17.4. The van der Waals surface area contributed by atoms with Crippen LogP contribution >= 0.6 is 0 Å². The fourth-order valence-corrected chi connectivity index (χ4v) is 3.46. The minimum atomic E-state index is -1.08. The van der Waals surface area contributed by atoms with Crippen LogP contribution in [0.4, 0.5) is 4.39 Å². The summed E-state index contributed by atoms with van der Waals surface area (Å²) in [6, 6.07) is 20.0. The van der Waals surface area contributed by atoms with Crippen molar-refractivity contribution in [2.45, 2.75) is 11.5 Å². The SMILES string of the molecule is C[S+]([O-])c1ccc(Oc2cc(OCc3ccccc3F)cc(-c3cc(O)n[nH]3)c2)cc1. The van der Waals surface area contributed by atoms with Gasteiger partial charge in [0, 0.05) is 23.3 Å². The fraction of sp³-hybridized carbons (Fsp3) is 0.0870. The van der Waals surface area contributed by atoms with E-state index in [0.717, 1.165) is 0 Å². The van der Waals surface area contributed by atoms with E-state index in [-0.39, 0.29) is 18.3 Å². The summed E-state index contributed by atoms with van der Waals surface area (Å²) in [5.74, 6) is 0.996. The van der Waals surface area contributed by atoms with E-state index in [4.69, 9.17) is 9.47 Å². The van der Waals surface area contributed by atoms with Crippen LogP contribution in [0.25, 0.3) is 11.3 Å². The van der Waals surface area contributed by atoms with Gasteiger partial charge in [0.05, 0.1) is 5.69 Å². The summed E-state index contributed by atoms with van der Waals surface area (Å²) < 4.78 is 37.3. The molecule has 3 aromatic carbocycles. The molecule has 0 spiro atoms. The Kier molecular flexibility index (Phi) is 6.11. The zero-order chi connectivity index (χ0) is 21.8. The lowest BCUT2D eigenvalue weighted by molar-refractivity contribution is 0.298. The van der Waals surface area contributed by atoms with Crippen LogP contribution < -0.4 is 9.47 Å². The van der Waals surface area contributed by atoms with E-state index in [0.29, 0.717) is 39.0 Å². The van der Waals surface area contributed by atoms with Crippen molar-refractivity contribution in [3.63, 3.8) is 0 Å². The Balaban J connectivity index is 1.62. The summed E-state index contributed by atoms with van der Waals surface area (Å²) in [4.78, 5) is 0.697. The molecule has 4 aromatic rings. The lowest BCUT2D eigenvalue weighted by Crippen LogP contribution is -1.99. The predicted octanol–water partition coefficient (Wildman–Crippen LogP) is 5.03. The quantitative estimate of drug-likeness (QED) is 0.395. The van der Waals surface area contributed by atoms with Crippen molar-refractivity contribution in [2.24, 2.45) is 0 Å². The molecule has 0 radical (unpaired) electrons. The molecule has 6 nitrogen and oxygen atoms in total. The Labute approximate surface area is 181 Å². The zero-order valence-electron chi connectivity index (χ0n) is 16.5. The molecule has 1 aromatic heterocycles. The van der Waals surface area contributed by atoms with Crippen molar-refractivity contribution in [3.8, 4) is 34.4 Å². The lowest BCUT2D eigenvalue weighted by Gasteiger charge is -2.12. The number of nitrogens with one attached hydrogen (secondary N) is 1. The monoisotopic (exact) mass is 438 g/mol. The smallest absolute Gasteiger partial charge is 0.230 e. The molecule has 1 unspecified atom stereocenters. The maximum atomic E-state index is 13.9. The minimum absolute atomic E-state index is 0.0425. The van der Waals surface area contributed by atoms with Gasteiger partial charge in [0.25, 0.3) is 0 Å². The maximum absolute atomic E-state index is 13.9. The van der Waals surface area contributed by atoms with Crippen molar-refractivity contribution in [1.82, 2.24) is 10.2 Å². The molecule has 31 heavy (non-hydrogen) atoms. The van der Waals surface area contributed by atoms with E-state index in [1.54, 1.807) is 66.9 Å². The van der Waals surface area contributed by atoms with Crippen molar-refractivity contribution in [3.05, 3.63) is 84.2 Å². The Morgan fingerprint density at radius 2 is 1.74 bits per heavy atom. The molecule has 8 heteroatoms. The van der Waals surface area contributed by atoms with Crippen LogP contribution in [-0.2, 0) is 17.8 Å². The minimum Gasteiger partial charge on any atom is -0.612 e. The first-order valence-corrected chi connectivity index (χ1v) is 10.9. The number of aromatic hydroxyl groups is 1. The summed E-state index contributed by atoms with van der Waals surface area (Å²) in [7, 11) is 0. The van der Waals surface area contributed by atoms with E-state index in [1.807, 2.05) is 0 Å². The summed E-state index contributed by atoms with van der Waals surface area (Å²) in [5.41, 5.74) is 1.66. The third-order valence-electron chi connectivity index (χ3n) is 4.50. The molecule has 0 bridgehead atoms. The molecule has 1 atom stereocenters. The molecule has 0 amide bonds. The molecule has 158 valence electrons. The third kappa shape index (κ3) is 5.17. The Morgan fingerprint density at radius 1 is 1.00 bits per heavy atom. The summed E-state index contributed by atoms with van der Waals surface area (Å²) >= 11 is -1.08. The van der Waals surface area contributed by atoms with Crippen LogP contribution in [0.2, 0.25) is 0 Å². The largest absolute Gasteiger partial charge is 0.612 e. The molecular formula is C23H19FN2O4S. The first-order valence-electron chi connectivity index (χ1n) is 9.35. The molecular weight excluding hydrogens is 419 g/mol. The summed E-state index contributed by atoms with van der Waals surface area (Å²) in [5, 5.41) is 16.0. The van der Waals surface area contributed by atoms with Crippen LogP contribution in [0.1, 0.15) is 5.56 Å². The second-order valence-electron chi connectivity index (χ2n) is 6.74. The number of aromatic amines is 1. The lowest BCUT2D eigenvalue weighted by atomic mass is 10.1. The van der Waals surface area contributed by atoms with Crippen molar-refractivity contribution >= 4 is 11.2 Å². The molecule has 0 fully saturated rings. The van der Waals surface area contributed by atoms with E-state index in [2.05, 4.69) is 10.2 Å². The number of halogens is 1. The summed E-state index contributed by atoms with van der Waals surface area (Å²) in [6.07, 6.45) is 1.61. The van der Waals surface area contributed by atoms with E-state index in [1.165, 1.54) is 12.1 Å². The van der Waals surface area contributed by atoms with Crippen LogP contribution in [0.15, 0.2) is 77.7 Å². The number of benzene rings is 3. The van der Waals surface area contributed by atoms with Gasteiger partial charge in [-0.3, -0.25) is 5.10 Å². The predicted molar refractivity (Wildman–Crippen MR) is 115 cm³/mol. The molecule has 0 saturated carbocycles. The maximum Gasteiger partial charge on any atom is 0.230 e. The molecule has 0 aliphatic carbocycles. The molecule has 0 aliphatic rings. The van der Waals surface area contributed by atoms with Crippen LogP contribution in [-0.4, -0.2) is 26.1 Å². The molecule has 2 N–H and O–H groups in total. The Morgan fingerprint density at radius 3 is 2.42 bits per heavy atom. The van der Waals surface area contributed by atoms with Gasteiger partial charge >= 0.3 is 0 Å². The van der Waals surface area contributed by atoms with E-state index in [9.17, 15) is 14.0 Å². The number of aromatic nitrogens is 2. The number of ether oxygens (including phenoxy) is 2. The molecule has 4 rings (SSSR count). The third-order valence-corrected chi connectivity index (χ3v) is 5.43. The van der Waals surface area contributed by atoms with Crippen molar-refractivity contribution < 1.29 is 23.5 Å². The number of hydrogen-bond acceptors (Lipinski definition) is 5. The average molecular weight is 438 g/mol. The highest BCUT2D eigenvalue weighted by Crippen LogP contribution is 2.33. The van der Waals surface area contributed by atoms with Crippen molar-refractivity contribution in [1.29, 1.82) is 0 Å². The second kappa shape index (κ2) is 9.11. The van der Waals surface area contributed by atoms with E-state index >= 15 is 0 Å². The number of hydrogen-bond donors (Lipinski definition) is 2. The van der Waals surface area contributed by atoms with Crippen LogP contribution in [0, 0.1) is 5.82 Å². The highest BCUT2D eigenvalue weighted by Gasteiger charge is 2.11. The van der Waals surface area contributed by atoms with Gasteiger partial charge in [-0.05, 0) is 53.6 Å². The van der Waals surface area contributed by atoms with Gasteiger partial charge in [-0.2, -0.15) is 0 Å². The first kappa shape index (κ1) is 20.8. The van der Waals surface area contributed by atoms with Crippen LogP contribution in [0.3, 0.4) is 0 Å². The van der Waals surface area contributed by atoms with Crippen LogP contribution in [0.5, 0.6) is 23.1 Å². The highest BCUT2D eigenvalue weighted by molar-refractivity contribution is 7.90. The Bertz CT molecular complexity index is 1180. The average Bonchev–Trinajstić information content (AvgIpc) is 3.20. The van der Waals surface area contributed by atoms with E-state index < -0.39 is 11.2 Å². The first-order chi connectivity index (χ1) is 15.0. The topological polar surface area (TPSA) is 90.4 Å². The number of H-pyrrole nitrogens is 1. The Hall–Kier alpha value is -3.49. The number of nitrogens with zero attached hydrogens (tertiary/aromatic N) is 1. The standard InChI is InChI=1S/C23H19FN2O4S/c1-31(28)20-8-6-17(7-9-20)30-19-11-16(22-13-23(27)26-25-22)10-18(12-19)29-14-15-4-2-3-5-21(15)24/h2-13H,14H2,1H3,(H2,25,26,27). The molecule has 1 heterocycles. The van der Waals surface area contributed by atoms with Gasteiger partial charge in [0.1, 0.15) is 35.9 Å². The van der Waals surface area contributed by atoms with Crippen molar-refractivity contribution in [2.75, 3.05) is 6.26 Å².